The quantitative estimate of drug-likeness (QED) is 0.310. The van der Waals surface area contributed by atoms with Crippen molar-refractivity contribution in [3.8, 4) is 0 Å². The Bertz CT molecular complexity index is 679. The van der Waals surface area contributed by atoms with E-state index >= 15 is 0 Å². The van der Waals surface area contributed by atoms with Crippen molar-refractivity contribution in [2.24, 2.45) is 0 Å². The van der Waals surface area contributed by atoms with E-state index in [9.17, 15) is 0 Å². The van der Waals surface area contributed by atoms with Gasteiger partial charge in [-0.15, -0.1) is 11.6 Å². The Morgan fingerprint density at radius 2 is 1.44 bits per heavy atom. The SMILES string of the molecule is CCCC1[C-]=Cc2cc(C)c(C)cc21.Cc1c(C)c(C)[c-](C)c1C.[Hf]. The number of fused-ring (bicyclic) bond motifs is 1. The predicted octanol–water partition coefficient (Wildman–Crippen LogP) is 6.96. The summed E-state index contributed by atoms with van der Waals surface area (Å²) in [7, 11) is 0. The molecule has 1 heteroatoms. The average molecular weight is 499 g/mol. The first-order valence-electron chi connectivity index (χ1n) is 9.17. The zero-order valence-electron chi connectivity index (χ0n) is 17.2. The molecule has 0 saturated carbocycles. The molecule has 134 valence electrons. The van der Waals surface area contributed by atoms with E-state index in [1.165, 1.54) is 62.9 Å². The second-order valence-electron chi connectivity index (χ2n) is 7.34. The summed E-state index contributed by atoms with van der Waals surface area (Å²) in [6, 6.07) is 4.62. The molecular formula is C24H32Hf-2. The van der Waals surface area contributed by atoms with Crippen molar-refractivity contribution in [3.05, 3.63) is 68.3 Å². The fourth-order valence-electron chi connectivity index (χ4n) is 3.50. The normalized spacial score (nSPS) is 14.6. The van der Waals surface area contributed by atoms with Gasteiger partial charge in [-0.1, -0.05) is 77.5 Å². The van der Waals surface area contributed by atoms with E-state index in [1.807, 2.05) is 0 Å². The molecule has 0 spiro atoms. The van der Waals surface area contributed by atoms with Gasteiger partial charge in [-0.25, -0.2) is 6.08 Å². The minimum absolute atomic E-state index is 0. The Kier molecular flexibility index (Phi) is 8.19. The molecule has 0 aromatic heterocycles. The number of aryl methyl sites for hydroxylation is 2. The molecule has 25 heavy (non-hydrogen) atoms. The van der Waals surface area contributed by atoms with Crippen molar-refractivity contribution in [2.75, 3.05) is 0 Å². The number of allylic oxidation sites excluding steroid dienone is 1. The maximum atomic E-state index is 3.45. The summed E-state index contributed by atoms with van der Waals surface area (Å²) in [4.78, 5) is 0. The summed E-state index contributed by atoms with van der Waals surface area (Å²) in [6.07, 6.45) is 8.07. The predicted molar refractivity (Wildman–Crippen MR) is 107 cm³/mol. The molecule has 0 fully saturated rings. The standard InChI is InChI=1S/C14H17.C10H15.Hf/c1-4-5-12-6-7-13-8-10(2)11(3)9-14(12)13;1-6-7(2)9(4)10(5)8(6)3;/h7-9,12H,4-5H2,1-3H3;1-5H3;/q2*-1;. The van der Waals surface area contributed by atoms with E-state index in [0.29, 0.717) is 5.92 Å². The summed E-state index contributed by atoms with van der Waals surface area (Å²) in [5, 5.41) is 0. The zero-order valence-corrected chi connectivity index (χ0v) is 20.8. The van der Waals surface area contributed by atoms with E-state index in [1.54, 1.807) is 0 Å². The molecule has 0 aliphatic heterocycles. The third-order valence-electron chi connectivity index (χ3n) is 5.90. The molecule has 0 amide bonds. The third-order valence-corrected chi connectivity index (χ3v) is 5.90. The van der Waals surface area contributed by atoms with Crippen LogP contribution in [0.5, 0.6) is 0 Å². The molecule has 1 atom stereocenters. The van der Waals surface area contributed by atoms with Crippen molar-refractivity contribution in [2.45, 2.75) is 74.1 Å². The van der Waals surface area contributed by atoms with Crippen LogP contribution >= 0.6 is 0 Å². The fourth-order valence-corrected chi connectivity index (χ4v) is 3.50. The van der Waals surface area contributed by atoms with Crippen molar-refractivity contribution >= 4 is 6.08 Å². The van der Waals surface area contributed by atoms with Gasteiger partial charge in [-0.2, -0.15) is 33.4 Å². The van der Waals surface area contributed by atoms with Crippen molar-refractivity contribution < 1.29 is 25.8 Å². The van der Waals surface area contributed by atoms with Crippen LogP contribution in [-0.4, -0.2) is 0 Å². The number of hydrogen-bond acceptors (Lipinski definition) is 0. The van der Waals surface area contributed by atoms with Gasteiger partial charge in [0.25, 0.3) is 0 Å². The van der Waals surface area contributed by atoms with Crippen LogP contribution in [0.3, 0.4) is 0 Å². The summed E-state index contributed by atoms with van der Waals surface area (Å²) in [5.74, 6) is 0.550. The largest absolute Gasteiger partial charge is 0.268 e. The maximum Gasteiger partial charge on any atom is 0 e. The molecule has 2 aromatic rings. The van der Waals surface area contributed by atoms with E-state index in [2.05, 4.69) is 79.7 Å². The second kappa shape index (κ2) is 9.21. The van der Waals surface area contributed by atoms with E-state index in [0.717, 1.165) is 0 Å². The van der Waals surface area contributed by atoms with Gasteiger partial charge >= 0.3 is 0 Å². The zero-order chi connectivity index (χ0) is 18.0. The second-order valence-corrected chi connectivity index (χ2v) is 7.34. The van der Waals surface area contributed by atoms with Gasteiger partial charge in [0.1, 0.15) is 0 Å². The smallest absolute Gasteiger partial charge is 0 e. The molecule has 2 aromatic carbocycles. The van der Waals surface area contributed by atoms with E-state index in [-0.39, 0.29) is 25.8 Å². The van der Waals surface area contributed by atoms with Gasteiger partial charge in [0.05, 0.1) is 0 Å². The molecule has 0 nitrogen and oxygen atoms in total. The summed E-state index contributed by atoms with van der Waals surface area (Å²) < 4.78 is 0. The molecule has 1 aliphatic rings. The maximum absolute atomic E-state index is 3.45. The molecule has 0 bridgehead atoms. The molecule has 3 rings (SSSR count). The van der Waals surface area contributed by atoms with Gasteiger partial charge in [-0.05, 0) is 13.8 Å². The van der Waals surface area contributed by atoms with Crippen LogP contribution in [0, 0.1) is 54.5 Å². The molecular weight excluding hydrogens is 467 g/mol. The van der Waals surface area contributed by atoms with Gasteiger partial charge in [0.15, 0.2) is 0 Å². The van der Waals surface area contributed by atoms with Crippen LogP contribution in [0.4, 0.5) is 0 Å². The van der Waals surface area contributed by atoms with Crippen molar-refractivity contribution in [1.82, 2.24) is 0 Å². The first kappa shape index (κ1) is 22.2. The van der Waals surface area contributed by atoms with Crippen LogP contribution in [0.15, 0.2) is 12.1 Å². The monoisotopic (exact) mass is 500 g/mol. The van der Waals surface area contributed by atoms with Gasteiger partial charge in [0.2, 0.25) is 0 Å². The van der Waals surface area contributed by atoms with E-state index < -0.39 is 0 Å². The van der Waals surface area contributed by atoms with Crippen LogP contribution in [-0.2, 0) is 25.8 Å². The Hall–Kier alpha value is -0.820. The van der Waals surface area contributed by atoms with Crippen LogP contribution in [0.1, 0.15) is 75.8 Å². The minimum atomic E-state index is 0. The Balaban J connectivity index is 0.000000254. The molecule has 0 radical (unpaired) electrons. The third kappa shape index (κ3) is 4.67. The van der Waals surface area contributed by atoms with Gasteiger partial charge < -0.3 is 0 Å². The van der Waals surface area contributed by atoms with Crippen LogP contribution < -0.4 is 0 Å². The first-order valence-corrected chi connectivity index (χ1v) is 9.17. The molecule has 0 N–H and O–H groups in total. The Morgan fingerprint density at radius 1 is 0.920 bits per heavy atom. The Morgan fingerprint density at radius 3 is 1.88 bits per heavy atom. The van der Waals surface area contributed by atoms with Gasteiger partial charge in [-0.3, -0.25) is 6.08 Å². The number of benzene rings is 1. The van der Waals surface area contributed by atoms with Crippen molar-refractivity contribution in [1.29, 1.82) is 0 Å². The molecule has 1 aliphatic carbocycles. The molecule has 0 heterocycles. The summed E-state index contributed by atoms with van der Waals surface area (Å²) in [6.45, 7) is 17.6. The molecule has 0 saturated heterocycles. The number of hydrogen-bond donors (Lipinski definition) is 0. The van der Waals surface area contributed by atoms with Crippen LogP contribution in [0.2, 0.25) is 0 Å². The fraction of sp³-hybridized carbons (Fsp3) is 0.458. The van der Waals surface area contributed by atoms with E-state index in [4.69, 9.17) is 0 Å². The van der Waals surface area contributed by atoms with Gasteiger partial charge in [0, 0.05) is 25.8 Å². The van der Waals surface area contributed by atoms with Crippen LogP contribution in [0.25, 0.3) is 6.08 Å². The number of rotatable bonds is 2. The first-order chi connectivity index (χ1) is 11.3. The summed E-state index contributed by atoms with van der Waals surface area (Å²) in [5.41, 5.74) is 13.0. The van der Waals surface area contributed by atoms with Crippen molar-refractivity contribution in [3.63, 3.8) is 0 Å². The Labute approximate surface area is 173 Å². The molecule has 1 unspecified atom stereocenters. The topological polar surface area (TPSA) is 0 Å². The summed E-state index contributed by atoms with van der Waals surface area (Å²) >= 11 is 0. The average Bonchev–Trinajstić information content (AvgIpc) is 3.01. The minimum Gasteiger partial charge on any atom is -0.268 e.